The molecule has 2 rings (SSSR count). The van der Waals surface area contributed by atoms with Crippen LogP contribution < -0.4 is 5.32 Å². The maximum Gasteiger partial charge on any atom is 0.229 e. The Bertz CT molecular complexity index is 604. The predicted octanol–water partition coefficient (Wildman–Crippen LogP) is 2.81. The minimum atomic E-state index is -0.518. The van der Waals surface area contributed by atoms with Gasteiger partial charge in [0.05, 0.1) is 24.2 Å². The summed E-state index contributed by atoms with van der Waals surface area (Å²) in [5.41, 5.74) is 0.604. The summed E-state index contributed by atoms with van der Waals surface area (Å²) in [6.45, 7) is 4.04. The molecule has 0 amide bonds. The van der Waals surface area contributed by atoms with E-state index in [1.54, 1.807) is 6.07 Å². The van der Waals surface area contributed by atoms with Crippen LogP contribution in [0, 0.1) is 5.82 Å². The predicted molar refractivity (Wildman–Crippen MR) is 76.5 cm³/mol. The van der Waals surface area contributed by atoms with Gasteiger partial charge in [0.25, 0.3) is 0 Å². The number of nitrogens with one attached hydrogen (secondary N) is 1. The summed E-state index contributed by atoms with van der Waals surface area (Å²) in [5, 5.41) is 16.4. The van der Waals surface area contributed by atoms with Crippen LogP contribution in [0.1, 0.15) is 43.1 Å². The molecule has 0 aliphatic rings. The van der Waals surface area contributed by atoms with Crippen molar-refractivity contribution >= 4 is 11.6 Å². The lowest BCUT2D eigenvalue weighted by molar-refractivity contribution is 0.242. The Morgan fingerprint density at radius 3 is 2.76 bits per heavy atom. The highest BCUT2D eigenvalue weighted by atomic mass is 35.5. The van der Waals surface area contributed by atoms with E-state index in [-0.39, 0.29) is 17.5 Å². The molecule has 5 nitrogen and oxygen atoms in total. The van der Waals surface area contributed by atoms with Crippen LogP contribution in [0.4, 0.5) is 4.39 Å². The molecular weight excluding hydrogens is 297 g/mol. The van der Waals surface area contributed by atoms with Gasteiger partial charge < -0.3 is 14.9 Å². The van der Waals surface area contributed by atoms with Gasteiger partial charge in [0.2, 0.25) is 5.89 Å². The average molecular weight is 314 g/mol. The molecular formula is C14H17ClFN3O2. The highest BCUT2D eigenvalue weighted by molar-refractivity contribution is 6.30. The molecule has 2 aromatic rings. The summed E-state index contributed by atoms with van der Waals surface area (Å²) >= 11 is 5.64. The second kappa shape index (κ2) is 6.98. The number of aliphatic hydroxyl groups excluding tert-OH is 1. The number of rotatable bonds is 6. The van der Waals surface area contributed by atoms with Crippen LogP contribution in [0.2, 0.25) is 5.02 Å². The molecule has 2 N–H and O–H groups in total. The first-order valence-electron chi connectivity index (χ1n) is 6.63. The Morgan fingerprint density at radius 2 is 2.19 bits per heavy atom. The van der Waals surface area contributed by atoms with Gasteiger partial charge in [-0.15, -0.1) is 0 Å². The molecule has 0 spiro atoms. The third kappa shape index (κ3) is 4.00. The van der Waals surface area contributed by atoms with E-state index in [4.69, 9.17) is 16.1 Å². The smallest absolute Gasteiger partial charge is 0.229 e. The third-order valence-electron chi connectivity index (χ3n) is 3.01. The Balaban J connectivity index is 2.03. The van der Waals surface area contributed by atoms with Crippen LogP contribution in [0.25, 0.3) is 0 Å². The molecule has 7 heteroatoms. The summed E-state index contributed by atoms with van der Waals surface area (Å²) in [7, 11) is 0. The summed E-state index contributed by atoms with van der Waals surface area (Å²) in [5.74, 6) is 0.692. The Hall–Kier alpha value is -1.50. The first-order chi connectivity index (χ1) is 10.0. The van der Waals surface area contributed by atoms with Gasteiger partial charge in [-0.1, -0.05) is 36.7 Å². The van der Waals surface area contributed by atoms with Crippen molar-refractivity contribution in [2.45, 2.75) is 32.4 Å². The number of nitrogens with zero attached hydrogens (tertiary/aromatic N) is 2. The molecule has 0 radical (unpaired) electrons. The maximum atomic E-state index is 13.5. The standard InChI is InChI=1S/C14H17ClFN3O2/c1-8(2)14-18-13(19-21-14)6-17-12(7-20)9-3-4-10(15)11(16)5-9/h3-5,8,12,17,20H,6-7H2,1-2H3/t12-/m1/s1. The van der Waals surface area contributed by atoms with Gasteiger partial charge in [-0.25, -0.2) is 4.39 Å². The number of aliphatic hydroxyl groups is 1. The largest absolute Gasteiger partial charge is 0.394 e. The Morgan fingerprint density at radius 1 is 1.43 bits per heavy atom. The van der Waals surface area contributed by atoms with Gasteiger partial charge in [0.15, 0.2) is 5.82 Å². The van der Waals surface area contributed by atoms with Crippen LogP contribution in [-0.4, -0.2) is 21.9 Å². The zero-order valence-electron chi connectivity index (χ0n) is 11.8. The Kier molecular flexibility index (Phi) is 5.27. The third-order valence-corrected chi connectivity index (χ3v) is 3.32. The van der Waals surface area contributed by atoms with Gasteiger partial charge in [0.1, 0.15) is 5.82 Å². The summed E-state index contributed by atoms with van der Waals surface area (Å²) in [6.07, 6.45) is 0. The second-order valence-corrected chi connectivity index (χ2v) is 5.40. The summed E-state index contributed by atoms with van der Waals surface area (Å²) < 4.78 is 18.5. The molecule has 0 saturated carbocycles. The van der Waals surface area contributed by atoms with E-state index in [2.05, 4.69) is 15.5 Å². The molecule has 0 unspecified atom stereocenters. The molecule has 0 fully saturated rings. The molecule has 0 aliphatic heterocycles. The summed E-state index contributed by atoms with van der Waals surface area (Å²) in [4.78, 5) is 4.22. The molecule has 1 heterocycles. The van der Waals surface area contributed by atoms with E-state index in [0.29, 0.717) is 23.8 Å². The highest BCUT2D eigenvalue weighted by Crippen LogP contribution is 2.20. The number of halogens is 2. The van der Waals surface area contributed by atoms with Crippen molar-refractivity contribution in [2.24, 2.45) is 0 Å². The van der Waals surface area contributed by atoms with E-state index >= 15 is 0 Å². The van der Waals surface area contributed by atoms with Crippen LogP contribution >= 0.6 is 11.6 Å². The van der Waals surface area contributed by atoms with Crippen LogP contribution in [0.15, 0.2) is 22.7 Å². The SMILES string of the molecule is CC(C)c1nc(CN[C@H](CO)c2ccc(Cl)c(F)c2)no1. The fourth-order valence-electron chi connectivity index (χ4n) is 1.81. The normalized spacial score (nSPS) is 12.9. The fourth-order valence-corrected chi connectivity index (χ4v) is 1.92. The van der Waals surface area contributed by atoms with Crippen LogP contribution in [0.3, 0.4) is 0 Å². The summed E-state index contributed by atoms with van der Waals surface area (Å²) in [6, 6.07) is 3.99. The first kappa shape index (κ1) is 15.9. The topological polar surface area (TPSA) is 71.2 Å². The van der Waals surface area contributed by atoms with Crippen LogP contribution in [0.5, 0.6) is 0 Å². The molecule has 0 bridgehead atoms. The van der Waals surface area contributed by atoms with Crippen LogP contribution in [-0.2, 0) is 6.54 Å². The number of benzene rings is 1. The number of aromatic nitrogens is 2. The van der Waals surface area contributed by atoms with E-state index in [1.165, 1.54) is 12.1 Å². The van der Waals surface area contributed by atoms with E-state index in [1.807, 2.05) is 13.8 Å². The minimum absolute atomic E-state index is 0.0511. The quantitative estimate of drug-likeness (QED) is 0.858. The van der Waals surface area contributed by atoms with E-state index in [9.17, 15) is 9.50 Å². The van der Waals surface area contributed by atoms with Gasteiger partial charge in [-0.3, -0.25) is 0 Å². The van der Waals surface area contributed by atoms with E-state index < -0.39 is 11.9 Å². The van der Waals surface area contributed by atoms with Crippen molar-refractivity contribution in [2.75, 3.05) is 6.61 Å². The maximum absolute atomic E-state index is 13.5. The molecule has 1 aromatic carbocycles. The van der Waals surface area contributed by atoms with Gasteiger partial charge in [0, 0.05) is 5.92 Å². The molecule has 1 aromatic heterocycles. The highest BCUT2D eigenvalue weighted by Gasteiger charge is 2.15. The monoisotopic (exact) mass is 313 g/mol. The average Bonchev–Trinajstić information content (AvgIpc) is 2.92. The van der Waals surface area contributed by atoms with Crippen molar-refractivity contribution in [1.82, 2.24) is 15.5 Å². The zero-order chi connectivity index (χ0) is 15.4. The Labute approximate surface area is 127 Å². The molecule has 114 valence electrons. The van der Waals surface area contributed by atoms with Crippen molar-refractivity contribution in [3.05, 3.63) is 46.3 Å². The molecule has 0 saturated heterocycles. The molecule has 0 aliphatic carbocycles. The van der Waals surface area contributed by atoms with Crippen molar-refractivity contribution in [1.29, 1.82) is 0 Å². The fraction of sp³-hybridized carbons (Fsp3) is 0.429. The second-order valence-electron chi connectivity index (χ2n) is 4.99. The van der Waals surface area contributed by atoms with Gasteiger partial charge in [-0.05, 0) is 17.7 Å². The zero-order valence-corrected chi connectivity index (χ0v) is 12.6. The van der Waals surface area contributed by atoms with Crippen molar-refractivity contribution < 1.29 is 14.0 Å². The lowest BCUT2D eigenvalue weighted by Gasteiger charge is -2.15. The van der Waals surface area contributed by atoms with E-state index in [0.717, 1.165) is 0 Å². The lowest BCUT2D eigenvalue weighted by Crippen LogP contribution is -2.24. The number of hydrogen-bond donors (Lipinski definition) is 2. The first-order valence-corrected chi connectivity index (χ1v) is 7.00. The van der Waals surface area contributed by atoms with Crippen molar-refractivity contribution in [3.63, 3.8) is 0 Å². The minimum Gasteiger partial charge on any atom is -0.394 e. The van der Waals surface area contributed by atoms with Crippen molar-refractivity contribution in [3.8, 4) is 0 Å². The van der Waals surface area contributed by atoms with Gasteiger partial charge in [-0.2, -0.15) is 4.98 Å². The molecule has 21 heavy (non-hydrogen) atoms. The molecule has 1 atom stereocenters. The lowest BCUT2D eigenvalue weighted by atomic mass is 10.1. The van der Waals surface area contributed by atoms with Gasteiger partial charge >= 0.3 is 0 Å². The number of hydrogen-bond acceptors (Lipinski definition) is 5.